The van der Waals surface area contributed by atoms with E-state index < -0.39 is 12.1 Å². The Kier molecular flexibility index (Phi) is 6.74. The van der Waals surface area contributed by atoms with Gasteiger partial charge in [0.15, 0.2) is 6.10 Å². The van der Waals surface area contributed by atoms with Crippen LogP contribution >= 0.6 is 15.9 Å². The number of halogens is 1. The molecule has 31 heavy (non-hydrogen) atoms. The Hall–Kier alpha value is -3.20. The summed E-state index contributed by atoms with van der Waals surface area (Å²) < 4.78 is 12.6. The van der Waals surface area contributed by atoms with Crippen LogP contribution in [0.5, 0.6) is 5.75 Å². The Bertz CT molecular complexity index is 1220. The van der Waals surface area contributed by atoms with Gasteiger partial charge in [-0.15, -0.1) is 0 Å². The molecule has 0 amide bonds. The molecule has 0 fully saturated rings. The zero-order valence-electron chi connectivity index (χ0n) is 17.9. The molecular weight excluding hydrogens is 464 g/mol. The van der Waals surface area contributed by atoms with Crippen LogP contribution in [-0.2, 0) is 9.53 Å². The number of nitrogens with zero attached hydrogens (tertiary/aromatic N) is 4. The number of anilines is 1. The van der Waals surface area contributed by atoms with E-state index in [2.05, 4.69) is 26.0 Å². The third kappa shape index (κ3) is 4.93. The number of fused-ring (bicyclic) bond motifs is 1. The van der Waals surface area contributed by atoms with E-state index in [4.69, 9.17) is 9.47 Å². The molecule has 3 aromatic rings. The highest BCUT2D eigenvalue weighted by Gasteiger charge is 2.17. The van der Waals surface area contributed by atoms with Crippen molar-refractivity contribution < 1.29 is 14.3 Å². The van der Waals surface area contributed by atoms with Gasteiger partial charge in [-0.25, -0.2) is 9.78 Å². The molecule has 0 aliphatic rings. The number of ether oxygens (including phenoxy) is 2. The van der Waals surface area contributed by atoms with Crippen molar-refractivity contribution in [2.75, 3.05) is 26.1 Å². The molecule has 8 nitrogen and oxygen atoms in total. The van der Waals surface area contributed by atoms with E-state index >= 15 is 0 Å². The van der Waals surface area contributed by atoms with Gasteiger partial charge in [-0.05, 0) is 44.2 Å². The van der Waals surface area contributed by atoms with Gasteiger partial charge in [0.05, 0.1) is 24.2 Å². The Labute approximate surface area is 188 Å². The maximum absolute atomic E-state index is 12.9. The first-order valence-corrected chi connectivity index (χ1v) is 10.3. The Morgan fingerprint density at radius 1 is 1.26 bits per heavy atom. The second kappa shape index (κ2) is 9.30. The van der Waals surface area contributed by atoms with E-state index in [0.29, 0.717) is 28.0 Å². The van der Waals surface area contributed by atoms with Crippen molar-refractivity contribution in [3.63, 3.8) is 0 Å². The van der Waals surface area contributed by atoms with Crippen molar-refractivity contribution in [2.45, 2.75) is 20.0 Å². The largest absolute Gasteiger partial charge is 0.478 e. The van der Waals surface area contributed by atoms with Crippen LogP contribution in [0.3, 0.4) is 0 Å². The van der Waals surface area contributed by atoms with Gasteiger partial charge in [0.2, 0.25) is 0 Å². The molecule has 0 aliphatic heterocycles. The molecule has 2 aromatic carbocycles. The van der Waals surface area contributed by atoms with E-state index in [9.17, 15) is 9.59 Å². The van der Waals surface area contributed by atoms with Gasteiger partial charge in [0, 0.05) is 35.9 Å². The van der Waals surface area contributed by atoms with Crippen molar-refractivity contribution in [3.05, 3.63) is 62.6 Å². The monoisotopic (exact) mass is 486 g/mol. The highest BCUT2D eigenvalue weighted by molar-refractivity contribution is 9.10. The zero-order valence-corrected chi connectivity index (χ0v) is 19.5. The summed E-state index contributed by atoms with van der Waals surface area (Å²) in [5, 5.41) is 4.81. The van der Waals surface area contributed by atoms with E-state index in [1.807, 2.05) is 37.2 Å². The first-order chi connectivity index (χ1) is 14.7. The first-order valence-electron chi connectivity index (χ1n) is 9.50. The Morgan fingerprint density at radius 3 is 2.68 bits per heavy atom. The van der Waals surface area contributed by atoms with Crippen LogP contribution in [0.1, 0.15) is 18.3 Å². The number of rotatable bonds is 6. The molecule has 0 N–H and O–H groups in total. The number of carbonyl (C=O) groups is 1. The number of esters is 1. The molecule has 0 aliphatic carbocycles. The number of aryl methyl sites for hydroxylation is 1. The third-order valence-electron chi connectivity index (χ3n) is 4.63. The minimum absolute atomic E-state index is 0.282. The molecule has 3 rings (SSSR count). The van der Waals surface area contributed by atoms with Crippen molar-refractivity contribution in [3.8, 4) is 5.75 Å². The fourth-order valence-electron chi connectivity index (χ4n) is 2.93. The van der Waals surface area contributed by atoms with Gasteiger partial charge >= 0.3 is 5.97 Å². The van der Waals surface area contributed by atoms with Crippen LogP contribution in [0.25, 0.3) is 10.9 Å². The van der Waals surface area contributed by atoms with E-state index in [0.717, 1.165) is 10.2 Å². The summed E-state index contributed by atoms with van der Waals surface area (Å²) in [5.41, 5.74) is 1.80. The average Bonchev–Trinajstić information content (AvgIpc) is 2.74. The molecule has 0 bridgehead atoms. The lowest BCUT2D eigenvalue weighted by Gasteiger charge is -2.18. The van der Waals surface area contributed by atoms with Crippen LogP contribution < -0.4 is 15.2 Å². The summed E-state index contributed by atoms with van der Waals surface area (Å²) in [4.78, 5) is 31.1. The first kappa shape index (κ1) is 22.5. The van der Waals surface area contributed by atoms with Crippen LogP contribution in [0.15, 0.2) is 50.8 Å². The minimum Gasteiger partial charge on any atom is -0.478 e. The quantitative estimate of drug-likeness (QED) is 0.392. The van der Waals surface area contributed by atoms with Crippen molar-refractivity contribution in [1.29, 1.82) is 0 Å². The lowest BCUT2D eigenvalue weighted by molar-refractivity contribution is -0.147. The maximum Gasteiger partial charge on any atom is 0.346 e. The zero-order chi connectivity index (χ0) is 22.7. The highest BCUT2D eigenvalue weighted by atomic mass is 79.9. The predicted molar refractivity (Wildman–Crippen MR) is 124 cm³/mol. The molecule has 0 saturated heterocycles. The van der Waals surface area contributed by atoms with Gasteiger partial charge in [0.25, 0.3) is 5.56 Å². The third-order valence-corrected chi connectivity index (χ3v) is 5.13. The molecule has 1 heterocycles. The van der Waals surface area contributed by atoms with E-state index in [1.165, 1.54) is 18.0 Å². The lowest BCUT2D eigenvalue weighted by Crippen LogP contribution is -2.25. The standard InChI is InChI=1S/C22H23BrN4O4/c1-13(22(29)30-5)31-20-11-17(26(3)4)8-6-15(20)12-24-27-14(2)25-19-9-7-16(23)10-18(19)21(27)28/h6-13H,1-5H3/t13-/m1/s1. The summed E-state index contributed by atoms with van der Waals surface area (Å²) in [6, 6.07) is 10.8. The maximum atomic E-state index is 12.9. The number of methoxy groups -OCH3 is 1. The molecule has 0 radical (unpaired) electrons. The van der Waals surface area contributed by atoms with Crippen LogP contribution in [0, 0.1) is 6.92 Å². The Balaban J connectivity index is 2.05. The summed E-state index contributed by atoms with van der Waals surface area (Å²) >= 11 is 3.38. The topological polar surface area (TPSA) is 86.0 Å². The number of hydrogen-bond donors (Lipinski definition) is 0. The van der Waals surface area contributed by atoms with Crippen molar-refractivity contribution >= 4 is 44.7 Å². The summed E-state index contributed by atoms with van der Waals surface area (Å²) in [5.74, 6) is 0.399. The second-order valence-corrected chi connectivity index (χ2v) is 8.00. The Morgan fingerprint density at radius 2 is 2.00 bits per heavy atom. The number of carbonyl (C=O) groups excluding carboxylic acids is 1. The molecule has 0 saturated carbocycles. The highest BCUT2D eigenvalue weighted by Crippen LogP contribution is 2.25. The predicted octanol–water partition coefficient (Wildman–Crippen LogP) is 3.36. The van der Waals surface area contributed by atoms with Crippen molar-refractivity contribution in [2.24, 2.45) is 5.10 Å². The fourth-order valence-corrected chi connectivity index (χ4v) is 3.29. The van der Waals surface area contributed by atoms with Crippen molar-refractivity contribution in [1.82, 2.24) is 9.66 Å². The van der Waals surface area contributed by atoms with Gasteiger partial charge in [0.1, 0.15) is 11.6 Å². The average molecular weight is 487 g/mol. The number of aromatic nitrogens is 2. The molecule has 9 heteroatoms. The second-order valence-electron chi connectivity index (χ2n) is 7.08. The molecular formula is C22H23BrN4O4. The molecule has 1 aromatic heterocycles. The SMILES string of the molecule is COC(=O)[C@@H](C)Oc1cc(N(C)C)ccc1C=Nn1c(C)nc2ccc(Br)cc2c1=O. The summed E-state index contributed by atoms with van der Waals surface area (Å²) in [7, 11) is 5.11. The molecule has 0 spiro atoms. The molecule has 162 valence electrons. The number of benzene rings is 2. The molecule has 0 unspecified atom stereocenters. The normalized spacial score (nSPS) is 12.2. The van der Waals surface area contributed by atoms with Gasteiger partial charge in [-0.1, -0.05) is 15.9 Å². The fraction of sp³-hybridized carbons (Fsp3) is 0.273. The van der Waals surface area contributed by atoms with Crippen LogP contribution in [0.2, 0.25) is 0 Å². The van der Waals surface area contributed by atoms with Gasteiger partial charge in [-0.3, -0.25) is 4.79 Å². The number of hydrogen-bond acceptors (Lipinski definition) is 7. The summed E-state index contributed by atoms with van der Waals surface area (Å²) in [6.45, 7) is 3.32. The van der Waals surface area contributed by atoms with Crippen LogP contribution in [-0.4, -0.2) is 49.2 Å². The minimum atomic E-state index is -0.807. The van der Waals surface area contributed by atoms with Crippen LogP contribution in [0.4, 0.5) is 5.69 Å². The van der Waals surface area contributed by atoms with E-state index in [-0.39, 0.29) is 5.56 Å². The lowest BCUT2D eigenvalue weighted by atomic mass is 10.2. The van der Waals surface area contributed by atoms with E-state index in [1.54, 1.807) is 32.0 Å². The summed E-state index contributed by atoms with van der Waals surface area (Å²) in [6.07, 6.45) is 0.706. The smallest absolute Gasteiger partial charge is 0.346 e. The van der Waals surface area contributed by atoms with Gasteiger partial charge in [-0.2, -0.15) is 9.78 Å². The van der Waals surface area contributed by atoms with Gasteiger partial charge < -0.3 is 14.4 Å². The molecule has 1 atom stereocenters.